The highest BCUT2D eigenvalue weighted by atomic mass is 16.5. The van der Waals surface area contributed by atoms with Crippen LogP contribution in [0, 0.1) is 23.7 Å². The molecule has 1 aromatic rings. The van der Waals surface area contributed by atoms with Crippen LogP contribution in [-0.2, 0) is 9.53 Å². The van der Waals surface area contributed by atoms with E-state index in [2.05, 4.69) is 30.3 Å². The minimum atomic E-state index is -0.352. The molecule has 0 fully saturated rings. The fourth-order valence-corrected chi connectivity index (χ4v) is 1.74. The number of benzene rings is 1. The normalized spacial score (nSPS) is 10.5. The van der Waals surface area contributed by atoms with Gasteiger partial charge in [-0.1, -0.05) is 54.0 Å². The molecule has 2 nitrogen and oxygen atoms in total. The van der Waals surface area contributed by atoms with Crippen LogP contribution in [0.4, 0.5) is 0 Å². The Balaban J connectivity index is 2.42. The highest BCUT2D eigenvalue weighted by Crippen LogP contribution is 2.05. The van der Waals surface area contributed by atoms with Crippen LogP contribution in [0.25, 0.3) is 0 Å². The maximum Gasteiger partial charge on any atom is 0.303 e. The fraction of sp³-hybridized carbons (Fsp3) is 0.350. The molecule has 0 amide bonds. The van der Waals surface area contributed by atoms with E-state index in [-0.39, 0.29) is 12.1 Å². The summed E-state index contributed by atoms with van der Waals surface area (Å²) in [5.41, 5.74) is 2.02. The van der Waals surface area contributed by atoms with Crippen molar-refractivity contribution >= 4 is 5.97 Å². The molecule has 0 aromatic heterocycles. The quantitative estimate of drug-likeness (QED) is 0.353. The Labute approximate surface area is 133 Å². The first kappa shape index (κ1) is 17.6. The van der Waals surface area contributed by atoms with Gasteiger partial charge in [0.05, 0.1) is 0 Å². The summed E-state index contributed by atoms with van der Waals surface area (Å²) in [6.07, 6.45) is 2.59. The third-order valence-electron chi connectivity index (χ3n) is 2.74. The van der Waals surface area contributed by atoms with Crippen molar-refractivity contribution in [1.82, 2.24) is 0 Å². The van der Waals surface area contributed by atoms with Crippen LogP contribution in [0.1, 0.15) is 45.1 Å². The summed E-state index contributed by atoms with van der Waals surface area (Å²) >= 11 is 0. The summed E-state index contributed by atoms with van der Waals surface area (Å²) in [6, 6.07) is 9.88. The smallest absolute Gasteiger partial charge is 0.303 e. The molecule has 0 bridgehead atoms. The first-order chi connectivity index (χ1) is 10.6. The van der Waals surface area contributed by atoms with E-state index in [4.69, 9.17) is 4.74 Å². The Bertz CT molecular complexity index is 606. The molecule has 0 saturated carbocycles. The predicted molar refractivity (Wildman–Crippen MR) is 89.9 cm³/mol. The largest absolute Gasteiger partial charge is 0.449 e. The molecule has 1 unspecified atom stereocenters. The molecule has 0 saturated heterocycles. The van der Waals surface area contributed by atoms with Crippen LogP contribution in [0.5, 0.6) is 0 Å². The molecule has 1 aromatic carbocycles. The molecule has 2 heteroatoms. The van der Waals surface area contributed by atoms with Crippen LogP contribution >= 0.6 is 0 Å². The minimum Gasteiger partial charge on any atom is -0.449 e. The number of rotatable bonds is 5. The number of allylic oxidation sites excluding steroid dienone is 1. The van der Waals surface area contributed by atoms with Crippen LogP contribution in [0.3, 0.4) is 0 Å². The third kappa shape index (κ3) is 8.67. The Kier molecular flexibility index (Phi) is 8.24. The van der Waals surface area contributed by atoms with Crippen molar-refractivity contribution in [3.05, 3.63) is 48.0 Å². The molecule has 22 heavy (non-hydrogen) atoms. The van der Waals surface area contributed by atoms with E-state index in [9.17, 15) is 4.79 Å². The summed E-state index contributed by atoms with van der Waals surface area (Å²) in [4.78, 5) is 11.1. The summed E-state index contributed by atoms with van der Waals surface area (Å²) in [5.74, 6) is 11.9. The maximum atomic E-state index is 11.1. The summed E-state index contributed by atoms with van der Waals surface area (Å²) < 4.78 is 5.21. The average Bonchev–Trinajstić information content (AvgIpc) is 2.46. The van der Waals surface area contributed by atoms with E-state index in [1.54, 1.807) is 0 Å². The number of unbranched alkanes of at least 4 members (excludes halogenated alkanes) is 1. The van der Waals surface area contributed by atoms with Crippen molar-refractivity contribution in [2.45, 2.75) is 45.6 Å². The van der Waals surface area contributed by atoms with Crippen LogP contribution < -0.4 is 0 Å². The van der Waals surface area contributed by atoms with Crippen molar-refractivity contribution in [2.75, 3.05) is 0 Å². The van der Waals surface area contributed by atoms with Crippen molar-refractivity contribution in [2.24, 2.45) is 0 Å². The van der Waals surface area contributed by atoms with E-state index in [1.807, 2.05) is 37.3 Å². The van der Waals surface area contributed by atoms with Crippen LogP contribution in [-0.4, -0.2) is 12.1 Å². The number of carbonyl (C=O) groups is 1. The summed E-state index contributed by atoms with van der Waals surface area (Å²) in [7, 11) is 0. The monoisotopic (exact) mass is 294 g/mol. The van der Waals surface area contributed by atoms with Gasteiger partial charge in [0.15, 0.2) is 6.10 Å². The Hall–Kier alpha value is -2.45. The zero-order chi connectivity index (χ0) is 16.2. The number of hydrogen-bond acceptors (Lipinski definition) is 2. The Morgan fingerprint density at radius 1 is 1.23 bits per heavy atom. The summed E-state index contributed by atoms with van der Waals surface area (Å²) in [6.45, 7) is 7.13. The molecular weight excluding hydrogens is 272 g/mol. The molecule has 0 aliphatic heterocycles. The molecule has 0 heterocycles. The van der Waals surface area contributed by atoms with Gasteiger partial charge in [-0.3, -0.25) is 4.79 Å². The molecule has 0 radical (unpaired) electrons. The molecular formula is C20H22O2. The third-order valence-corrected chi connectivity index (χ3v) is 2.74. The van der Waals surface area contributed by atoms with Gasteiger partial charge in [-0.15, -0.1) is 0 Å². The Morgan fingerprint density at radius 3 is 2.59 bits per heavy atom. The van der Waals surface area contributed by atoms with E-state index < -0.39 is 0 Å². The van der Waals surface area contributed by atoms with Crippen LogP contribution in [0.15, 0.2) is 42.5 Å². The molecule has 1 rings (SSSR count). The van der Waals surface area contributed by atoms with Gasteiger partial charge in [-0.05, 0) is 31.9 Å². The second-order valence-electron chi connectivity index (χ2n) is 5.11. The molecule has 1 atom stereocenters. The lowest BCUT2D eigenvalue weighted by Crippen LogP contribution is -2.14. The van der Waals surface area contributed by atoms with Crippen LogP contribution in [0.2, 0.25) is 0 Å². The zero-order valence-electron chi connectivity index (χ0n) is 13.3. The molecule has 114 valence electrons. The SMILES string of the molecule is C=C(C)CC#CC(CCCC#Cc1ccccc1)OC(C)=O. The molecule has 0 spiro atoms. The number of carbonyl (C=O) groups excluding carboxylic acids is 1. The van der Waals surface area contributed by atoms with E-state index >= 15 is 0 Å². The molecule has 0 aliphatic carbocycles. The second-order valence-corrected chi connectivity index (χ2v) is 5.11. The number of hydrogen-bond donors (Lipinski definition) is 0. The van der Waals surface area contributed by atoms with Gasteiger partial charge in [0.25, 0.3) is 0 Å². The highest BCUT2D eigenvalue weighted by molar-refractivity contribution is 5.66. The van der Waals surface area contributed by atoms with E-state index in [0.717, 1.165) is 24.0 Å². The summed E-state index contributed by atoms with van der Waals surface area (Å²) in [5, 5.41) is 0. The highest BCUT2D eigenvalue weighted by Gasteiger charge is 2.07. The van der Waals surface area contributed by atoms with Gasteiger partial charge >= 0.3 is 5.97 Å². The van der Waals surface area contributed by atoms with Gasteiger partial charge in [-0.25, -0.2) is 0 Å². The van der Waals surface area contributed by atoms with Gasteiger partial charge in [0.2, 0.25) is 0 Å². The van der Waals surface area contributed by atoms with Crippen molar-refractivity contribution in [3.8, 4) is 23.7 Å². The van der Waals surface area contributed by atoms with E-state index in [1.165, 1.54) is 6.92 Å². The Morgan fingerprint density at radius 2 is 1.95 bits per heavy atom. The van der Waals surface area contributed by atoms with E-state index in [0.29, 0.717) is 12.8 Å². The zero-order valence-corrected chi connectivity index (χ0v) is 13.3. The maximum absolute atomic E-state index is 11.1. The molecule has 0 N–H and O–H groups in total. The average molecular weight is 294 g/mol. The van der Waals surface area contributed by atoms with Crippen molar-refractivity contribution in [1.29, 1.82) is 0 Å². The molecule has 0 aliphatic rings. The predicted octanol–water partition coefficient (Wildman–Crippen LogP) is 4.11. The first-order valence-electron chi connectivity index (χ1n) is 7.42. The number of esters is 1. The lowest BCUT2D eigenvalue weighted by Gasteiger charge is -2.09. The number of ether oxygens (including phenoxy) is 1. The minimum absolute atomic E-state index is 0.301. The van der Waals surface area contributed by atoms with Crippen molar-refractivity contribution in [3.63, 3.8) is 0 Å². The van der Waals surface area contributed by atoms with Gasteiger partial charge in [0.1, 0.15) is 0 Å². The first-order valence-corrected chi connectivity index (χ1v) is 7.42. The lowest BCUT2D eigenvalue weighted by molar-refractivity contribution is -0.143. The van der Waals surface area contributed by atoms with Gasteiger partial charge in [-0.2, -0.15) is 0 Å². The van der Waals surface area contributed by atoms with Gasteiger partial charge in [0, 0.05) is 25.3 Å². The van der Waals surface area contributed by atoms with Gasteiger partial charge < -0.3 is 4.74 Å². The standard InChI is InChI=1S/C20H22O2/c1-17(2)11-10-16-20(22-18(3)21)15-9-5-8-14-19-12-6-4-7-13-19/h4,6-7,12-13,20H,1,5,9,11,15H2,2-3H3. The van der Waals surface area contributed by atoms with Crippen molar-refractivity contribution < 1.29 is 9.53 Å². The topological polar surface area (TPSA) is 26.3 Å². The fourth-order valence-electron chi connectivity index (χ4n) is 1.74. The lowest BCUT2D eigenvalue weighted by atomic mass is 10.1. The second kappa shape index (κ2) is 10.3.